The minimum absolute atomic E-state index is 0.0175. The summed E-state index contributed by atoms with van der Waals surface area (Å²) in [5.74, 6) is -0.620. The number of carbonyl (C=O) groups excluding carboxylic acids is 1. The quantitative estimate of drug-likeness (QED) is 0.242. The molecule has 0 aliphatic carbocycles. The molecule has 9 heteroatoms. The molecule has 1 amide bonds. The van der Waals surface area contributed by atoms with E-state index in [1.807, 2.05) is 18.2 Å². The van der Waals surface area contributed by atoms with E-state index in [1.54, 1.807) is 42.5 Å². The molecule has 0 saturated heterocycles. The second-order valence-electron chi connectivity index (χ2n) is 7.54. The number of benzene rings is 3. The number of hydrogen-bond donors (Lipinski definition) is 1. The normalized spacial score (nSPS) is 11.2. The number of furan rings is 1. The van der Waals surface area contributed by atoms with Gasteiger partial charge >= 0.3 is 0 Å². The molecular formula is C25H17ClFN3O3S. The molecule has 34 heavy (non-hydrogen) atoms. The summed E-state index contributed by atoms with van der Waals surface area (Å²) in [4.78, 5) is 30.6. The lowest BCUT2D eigenvalue weighted by Gasteiger charge is -2.12. The Hall–Kier alpha value is -3.62. The van der Waals surface area contributed by atoms with Gasteiger partial charge in [-0.25, -0.2) is 9.37 Å². The van der Waals surface area contributed by atoms with Gasteiger partial charge in [-0.15, -0.1) is 0 Å². The maximum atomic E-state index is 13.4. The Morgan fingerprint density at radius 1 is 1.09 bits per heavy atom. The zero-order chi connectivity index (χ0) is 23.7. The van der Waals surface area contributed by atoms with Crippen molar-refractivity contribution in [1.82, 2.24) is 9.55 Å². The number of nitrogens with zero attached hydrogens (tertiary/aromatic N) is 2. The van der Waals surface area contributed by atoms with E-state index in [0.29, 0.717) is 37.9 Å². The third-order valence-corrected chi connectivity index (χ3v) is 6.35. The number of anilines is 1. The topological polar surface area (TPSA) is 77.1 Å². The smallest absolute Gasteiger partial charge is 0.298 e. The van der Waals surface area contributed by atoms with Gasteiger partial charge in [-0.05, 0) is 48.0 Å². The van der Waals surface area contributed by atoms with Crippen LogP contribution in [0.15, 0.2) is 87.2 Å². The molecule has 2 aromatic heterocycles. The van der Waals surface area contributed by atoms with Crippen molar-refractivity contribution in [2.45, 2.75) is 11.7 Å². The van der Waals surface area contributed by atoms with Gasteiger partial charge in [0.25, 0.3) is 5.56 Å². The highest BCUT2D eigenvalue weighted by atomic mass is 35.5. The monoisotopic (exact) mass is 493 g/mol. The maximum Gasteiger partial charge on any atom is 0.298 e. The Kier molecular flexibility index (Phi) is 6.08. The predicted octanol–water partition coefficient (Wildman–Crippen LogP) is 5.71. The third kappa shape index (κ3) is 4.55. The SMILES string of the molecule is O=C(CSc1nc2c(oc3ccccc32)c(=O)n1Cc1ccc(F)cc1)Nc1cccc(Cl)c1. The van der Waals surface area contributed by atoms with Crippen molar-refractivity contribution < 1.29 is 13.6 Å². The number of rotatable bonds is 6. The first-order valence-corrected chi connectivity index (χ1v) is 11.7. The maximum absolute atomic E-state index is 13.4. The van der Waals surface area contributed by atoms with Crippen LogP contribution in [0.4, 0.5) is 10.1 Å². The largest absolute Gasteiger partial charge is 0.448 e. The Labute approximate surface area is 202 Å². The average molecular weight is 494 g/mol. The van der Waals surface area contributed by atoms with E-state index in [1.165, 1.54) is 16.7 Å². The summed E-state index contributed by atoms with van der Waals surface area (Å²) < 4.78 is 20.6. The van der Waals surface area contributed by atoms with Crippen molar-refractivity contribution in [3.05, 3.63) is 99.6 Å². The molecule has 0 atom stereocenters. The van der Waals surface area contributed by atoms with Crippen LogP contribution < -0.4 is 10.9 Å². The van der Waals surface area contributed by atoms with Crippen LogP contribution in [0.3, 0.4) is 0 Å². The Bertz CT molecular complexity index is 1580. The molecule has 2 heterocycles. The number of fused-ring (bicyclic) bond motifs is 3. The number of carbonyl (C=O) groups is 1. The zero-order valence-electron chi connectivity index (χ0n) is 17.6. The lowest BCUT2D eigenvalue weighted by Crippen LogP contribution is -2.24. The minimum atomic E-state index is -0.372. The van der Waals surface area contributed by atoms with E-state index in [2.05, 4.69) is 10.3 Å². The highest BCUT2D eigenvalue weighted by Crippen LogP contribution is 2.28. The number of thioether (sulfide) groups is 1. The number of amides is 1. The van der Waals surface area contributed by atoms with E-state index in [0.717, 1.165) is 11.8 Å². The lowest BCUT2D eigenvalue weighted by molar-refractivity contribution is -0.113. The molecule has 0 bridgehead atoms. The van der Waals surface area contributed by atoms with Crippen LogP contribution >= 0.6 is 23.4 Å². The van der Waals surface area contributed by atoms with Crippen molar-refractivity contribution >= 4 is 57.0 Å². The molecule has 0 aliphatic rings. The van der Waals surface area contributed by atoms with E-state index in [9.17, 15) is 14.0 Å². The highest BCUT2D eigenvalue weighted by Gasteiger charge is 2.19. The van der Waals surface area contributed by atoms with Gasteiger partial charge in [0.2, 0.25) is 11.5 Å². The average Bonchev–Trinajstić information content (AvgIpc) is 3.20. The first-order chi connectivity index (χ1) is 16.5. The molecule has 0 aliphatic heterocycles. The van der Waals surface area contributed by atoms with Crippen LogP contribution in [0, 0.1) is 5.82 Å². The van der Waals surface area contributed by atoms with Gasteiger partial charge in [0.05, 0.1) is 12.3 Å². The fourth-order valence-electron chi connectivity index (χ4n) is 3.57. The summed E-state index contributed by atoms with van der Waals surface area (Å²) in [6.07, 6.45) is 0. The van der Waals surface area contributed by atoms with Crippen molar-refractivity contribution in [1.29, 1.82) is 0 Å². The molecular weight excluding hydrogens is 477 g/mol. The zero-order valence-corrected chi connectivity index (χ0v) is 19.2. The van der Waals surface area contributed by atoms with Crippen LogP contribution in [-0.2, 0) is 11.3 Å². The van der Waals surface area contributed by atoms with E-state index in [4.69, 9.17) is 16.0 Å². The van der Waals surface area contributed by atoms with Gasteiger partial charge in [-0.1, -0.05) is 53.7 Å². The van der Waals surface area contributed by atoms with Crippen molar-refractivity contribution in [2.24, 2.45) is 0 Å². The number of aromatic nitrogens is 2. The third-order valence-electron chi connectivity index (χ3n) is 5.14. The highest BCUT2D eigenvalue weighted by molar-refractivity contribution is 7.99. The van der Waals surface area contributed by atoms with E-state index < -0.39 is 0 Å². The van der Waals surface area contributed by atoms with Crippen LogP contribution in [0.1, 0.15) is 5.56 Å². The second-order valence-corrected chi connectivity index (χ2v) is 8.91. The van der Waals surface area contributed by atoms with Crippen LogP contribution in [0.2, 0.25) is 5.02 Å². The molecule has 0 fully saturated rings. The Balaban J connectivity index is 1.51. The Morgan fingerprint density at radius 2 is 1.88 bits per heavy atom. The predicted molar refractivity (Wildman–Crippen MR) is 132 cm³/mol. The second kappa shape index (κ2) is 9.32. The van der Waals surface area contributed by atoms with Gasteiger partial charge < -0.3 is 9.73 Å². The number of halogens is 2. The molecule has 1 N–H and O–H groups in total. The van der Waals surface area contributed by atoms with Gasteiger partial charge in [-0.3, -0.25) is 14.2 Å². The van der Waals surface area contributed by atoms with Gasteiger partial charge in [0, 0.05) is 16.1 Å². The summed E-state index contributed by atoms with van der Waals surface area (Å²) in [5.41, 5.74) is 2.04. The fraction of sp³-hybridized carbons (Fsp3) is 0.0800. The summed E-state index contributed by atoms with van der Waals surface area (Å²) >= 11 is 7.11. The van der Waals surface area contributed by atoms with Crippen LogP contribution in [0.25, 0.3) is 22.1 Å². The van der Waals surface area contributed by atoms with E-state index >= 15 is 0 Å². The molecule has 0 spiro atoms. The standard InChI is InChI=1S/C25H17ClFN3O3S/c26-16-4-3-5-18(12-16)28-21(31)14-34-25-29-22-19-6-1-2-7-20(19)33-23(22)24(32)30(25)13-15-8-10-17(27)11-9-15/h1-12H,13-14H2,(H,28,31). The summed E-state index contributed by atoms with van der Waals surface area (Å²) in [7, 11) is 0. The number of para-hydroxylation sites is 1. The fourth-order valence-corrected chi connectivity index (χ4v) is 4.55. The van der Waals surface area contributed by atoms with Crippen LogP contribution in [-0.4, -0.2) is 21.2 Å². The first-order valence-electron chi connectivity index (χ1n) is 10.3. The number of nitrogens with one attached hydrogen (secondary N) is 1. The molecule has 5 aromatic rings. The minimum Gasteiger partial charge on any atom is -0.448 e. The molecule has 6 nitrogen and oxygen atoms in total. The summed E-state index contributed by atoms with van der Waals surface area (Å²) in [6.45, 7) is 0.150. The van der Waals surface area contributed by atoms with Gasteiger partial charge in [0.1, 0.15) is 16.9 Å². The summed E-state index contributed by atoms with van der Waals surface area (Å²) in [6, 6.07) is 20.0. The van der Waals surface area contributed by atoms with Crippen molar-refractivity contribution in [3.8, 4) is 0 Å². The lowest BCUT2D eigenvalue weighted by atomic mass is 10.2. The molecule has 0 radical (unpaired) electrons. The van der Waals surface area contributed by atoms with Crippen LogP contribution in [0.5, 0.6) is 0 Å². The van der Waals surface area contributed by atoms with Crippen molar-refractivity contribution in [3.63, 3.8) is 0 Å². The van der Waals surface area contributed by atoms with E-state index in [-0.39, 0.29) is 35.2 Å². The molecule has 3 aromatic carbocycles. The molecule has 0 unspecified atom stereocenters. The molecule has 5 rings (SSSR count). The summed E-state index contributed by atoms with van der Waals surface area (Å²) in [5, 5.41) is 4.37. The molecule has 0 saturated carbocycles. The van der Waals surface area contributed by atoms with Crippen molar-refractivity contribution in [2.75, 3.05) is 11.1 Å². The Morgan fingerprint density at radius 3 is 2.68 bits per heavy atom. The van der Waals surface area contributed by atoms with Gasteiger partial charge in [0.15, 0.2) is 5.16 Å². The number of hydrogen-bond acceptors (Lipinski definition) is 5. The first kappa shape index (κ1) is 22.2. The van der Waals surface area contributed by atoms with Gasteiger partial charge in [-0.2, -0.15) is 0 Å². The molecule has 170 valence electrons.